The molecule has 64 valence electrons. The Labute approximate surface area is 74.5 Å². The van der Waals surface area contributed by atoms with Crippen molar-refractivity contribution in [2.45, 2.75) is 18.6 Å². The molecule has 0 aliphatic heterocycles. The molecule has 0 aliphatic carbocycles. The summed E-state index contributed by atoms with van der Waals surface area (Å²) in [5, 5.41) is 30.5. The van der Waals surface area contributed by atoms with Gasteiger partial charge in [-0.3, -0.25) is 0 Å². The van der Waals surface area contributed by atoms with E-state index >= 15 is 0 Å². The molecule has 0 fully saturated rings. The van der Waals surface area contributed by atoms with Gasteiger partial charge in [-0.05, 0) is 22.4 Å². The predicted octanol–water partition coefficient (Wildman–Crippen LogP) is 1.06. The summed E-state index contributed by atoms with van der Waals surface area (Å²) < 4.78 is 0. The van der Waals surface area contributed by atoms with Crippen LogP contribution in [0.3, 0.4) is 0 Å². The summed E-state index contributed by atoms with van der Waals surface area (Å²) in [5.41, 5.74) is 0.669. The Morgan fingerprint density at radius 2 is 2.33 bits per heavy atom. The van der Waals surface area contributed by atoms with Crippen molar-refractivity contribution in [1.82, 2.24) is 0 Å². The second-order valence-electron chi connectivity index (χ2n) is 2.43. The van der Waals surface area contributed by atoms with Gasteiger partial charge in [-0.2, -0.15) is 16.6 Å². The van der Waals surface area contributed by atoms with E-state index in [0.29, 0.717) is 5.56 Å². The number of nitrogens with zero attached hydrogens (tertiary/aromatic N) is 1. The van der Waals surface area contributed by atoms with E-state index in [-0.39, 0.29) is 6.42 Å². The van der Waals surface area contributed by atoms with E-state index in [1.165, 1.54) is 11.3 Å². The third-order valence-electron chi connectivity index (χ3n) is 1.55. The minimum atomic E-state index is -0.982. The molecule has 0 saturated heterocycles. The van der Waals surface area contributed by atoms with Crippen molar-refractivity contribution < 1.29 is 10.2 Å². The Bertz CT molecular complexity index is 265. The van der Waals surface area contributed by atoms with Gasteiger partial charge < -0.3 is 10.2 Å². The minimum absolute atomic E-state index is 0.0446. The Balaban J connectivity index is 2.60. The Kier molecular flexibility index (Phi) is 3.23. The summed E-state index contributed by atoms with van der Waals surface area (Å²) in [6, 6.07) is 3.54. The summed E-state index contributed by atoms with van der Waals surface area (Å²) >= 11 is 1.45. The maximum Gasteiger partial charge on any atom is 0.107 e. The molecule has 1 aromatic rings. The van der Waals surface area contributed by atoms with Crippen molar-refractivity contribution in [3.8, 4) is 6.07 Å². The van der Waals surface area contributed by atoms with Gasteiger partial charge in [-0.25, -0.2) is 0 Å². The second-order valence-corrected chi connectivity index (χ2v) is 3.21. The van der Waals surface area contributed by atoms with E-state index in [2.05, 4.69) is 0 Å². The molecule has 2 unspecified atom stereocenters. The van der Waals surface area contributed by atoms with Crippen LogP contribution in [0.5, 0.6) is 0 Å². The van der Waals surface area contributed by atoms with Gasteiger partial charge >= 0.3 is 0 Å². The zero-order chi connectivity index (χ0) is 8.97. The van der Waals surface area contributed by atoms with Crippen LogP contribution in [0.15, 0.2) is 16.8 Å². The van der Waals surface area contributed by atoms with Gasteiger partial charge in [0.05, 0.1) is 18.6 Å². The van der Waals surface area contributed by atoms with E-state index in [9.17, 15) is 10.2 Å². The zero-order valence-electron chi connectivity index (χ0n) is 6.34. The highest BCUT2D eigenvalue weighted by atomic mass is 32.1. The average Bonchev–Trinajstić information content (AvgIpc) is 2.55. The Morgan fingerprint density at radius 3 is 2.83 bits per heavy atom. The van der Waals surface area contributed by atoms with Crippen molar-refractivity contribution in [2.24, 2.45) is 0 Å². The summed E-state index contributed by atoms with van der Waals surface area (Å²) in [6.07, 6.45) is -1.96. The van der Waals surface area contributed by atoms with Crippen molar-refractivity contribution in [3.63, 3.8) is 0 Å². The van der Waals surface area contributed by atoms with Gasteiger partial charge in [-0.15, -0.1) is 0 Å². The van der Waals surface area contributed by atoms with Gasteiger partial charge in [0.1, 0.15) is 6.10 Å². The van der Waals surface area contributed by atoms with Crippen LogP contribution in [0.4, 0.5) is 0 Å². The van der Waals surface area contributed by atoms with Crippen molar-refractivity contribution in [3.05, 3.63) is 22.4 Å². The number of nitriles is 1. The highest BCUT2D eigenvalue weighted by Crippen LogP contribution is 2.20. The molecule has 2 N–H and O–H groups in total. The Morgan fingerprint density at radius 1 is 1.58 bits per heavy atom. The fourth-order valence-corrected chi connectivity index (χ4v) is 1.56. The molecular weight excluding hydrogens is 174 g/mol. The van der Waals surface area contributed by atoms with Crippen molar-refractivity contribution in [1.29, 1.82) is 5.26 Å². The lowest BCUT2D eigenvalue weighted by Crippen LogP contribution is -2.16. The number of rotatable bonds is 3. The summed E-state index contributed by atoms with van der Waals surface area (Å²) in [6.45, 7) is 0. The summed E-state index contributed by atoms with van der Waals surface area (Å²) in [5.74, 6) is 0. The van der Waals surface area contributed by atoms with Gasteiger partial charge in [0.25, 0.3) is 0 Å². The highest BCUT2D eigenvalue weighted by molar-refractivity contribution is 7.07. The molecule has 0 spiro atoms. The maximum atomic E-state index is 9.41. The monoisotopic (exact) mass is 183 g/mol. The zero-order valence-corrected chi connectivity index (χ0v) is 7.16. The van der Waals surface area contributed by atoms with E-state index in [1.54, 1.807) is 17.5 Å². The lowest BCUT2D eigenvalue weighted by molar-refractivity contribution is 0.0219. The first kappa shape index (κ1) is 9.20. The van der Waals surface area contributed by atoms with E-state index in [1.807, 2.05) is 5.38 Å². The van der Waals surface area contributed by atoms with Crippen LogP contribution in [-0.4, -0.2) is 16.3 Å². The molecular formula is C8H9NO2S. The lowest BCUT2D eigenvalue weighted by Gasteiger charge is -2.12. The van der Waals surface area contributed by atoms with E-state index < -0.39 is 12.2 Å². The topological polar surface area (TPSA) is 64.2 Å². The molecule has 0 radical (unpaired) electrons. The summed E-state index contributed by atoms with van der Waals surface area (Å²) in [7, 11) is 0. The van der Waals surface area contributed by atoms with Crippen LogP contribution < -0.4 is 0 Å². The average molecular weight is 183 g/mol. The maximum absolute atomic E-state index is 9.41. The molecule has 0 saturated carbocycles. The smallest absolute Gasteiger partial charge is 0.107 e. The molecule has 4 heteroatoms. The Hall–Kier alpha value is -0.890. The quantitative estimate of drug-likeness (QED) is 0.736. The molecule has 0 bridgehead atoms. The first-order valence-electron chi connectivity index (χ1n) is 3.51. The second kappa shape index (κ2) is 4.21. The van der Waals surface area contributed by atoms with Gasteiger partial charge in [0.2, 0.25) is 0 Å². The molecule has 1 rings (SSSR count). The normalized spacial score (nSPS) is 15.1. The van der Waals surface area contributed by atoms with Crippen molar-refractivity contribution >= 4 is 11.3 Å². The number of hydrogen-bond acceptors (Lipinski definition) is 4. The molecule has 2 atom stereocenters. The number of aliphatic hydroxyl groups is 2. The lowest BCUT2D eigenvalue weighted by atomic mass is 10.1. The summed E-state index contributed by atoms with van der Waals surface area (Å²) in [4.78, 5) is 0. The van der Waals surface area contributed by atoms with Crippen LogP contribution in [0.1, 0.15) is 18.1 Å². The fourth-order valence-electron chi connectivity index (χ4n) is 0.871. The van der Waals surface area contributed by atoms with Crippen LogP contribution in [0.25, 0.3) is 0 Å². The van der Waals surface area contributed by atoms with Gasteiger partial charge in [-0.1, -0.05) is 0 Å². The third-order valence-corrected chi connectivity index (χ3v) is 2.25. The SMILES string of the molecule is N#CCC(O)C(O)c1ccsc1. The van der Waals surface area contributed by atoms with E-state index in [0.717, 1.165) is 0 Å². The number of aliphatic hydroxyl groups excluding tert-OH is 2. The van der Waals surface area contributed by atoms with E-state index in [4.69, 9.17) is 5.26 Å². The first-order chi connectivity index (χ1) is 5.75. The van der Waals surface area contributed by atoms with Gasteiger partial charge in [0, 0.05) is 0 Å². The standard InChI is InChI=1S/C8H9NO2S/c9-3-1-7(10)8(11)6-2-4-12-5-6/h2,4-5,7-8,10-11H,1H2. The van der Waals surface area contributed by atoms with Crippen LogP contribution in [0.2, 0.25) is 0 Å². The van der Waals surface area contributed by atoms with Crippen LogP contribution >= 0.6 is 11.3 Å². The van der Waals surface area contributed by atoms with Crippen molar-refractivity contribution in [2.75, 3.05) is 0 Å². The van der Waals surface area contributed by atoms with Crippen LogP contribution in [-0.2, 0) is 0 Å². The molecule has 3 nitrogen and oxygen atoms in total. The largest absolute Gasteiger partial charge is 0.389 e. The van der Waals surface area contributed by atoms with Gasteiger partial charge in [0.15, 0.2) is 0 Å². The molecule has 1 aromatic heterocycles. The fraction of sp³-hybridized carbons (Fsp3) is 0.375. The molecule has 12 heavy (non-hydrogen) atoms. The van der Waals surface area contributed by atoms with Crippen LogP contribution in [0, 0.1) is 11.3 Å². The number of hydrogen-bond donors (Lipinski definition) is 2. The molecule has 0 amide bonds. The molecule has 0 aromatic carbocycles. The third kappa shape index (κ3) is 2.05. The minimum Gasteiger partial charge on any atom is -0.389 e. The molecule has 1 heterocycles. The predicted molar refractivity (Wildman–Crippen MR) is 45.5 cm³/mol. The number of thiophene rings is 1. The molecule has 0 aliphatic rings. The highest BCUT2D eigenvalue weighted by Gasteiger charge is 2.17. The first-order valence-corrected chi connectivity index (χ1v) is 4.45.